The molecule has 2 heterocycles. The first-order valence-corrected chi connectivity index (χ1v) is 16.8. The van der Waals surface area contributed by atoms with Gasteiger partial charge in [0.05, 0.1) is 17.7 Å². The van der Waals surface area contributed by atoms with E-state index in [0.717, 1.165) is 5.56 Å². The van der Waals surface area contributed by atoms with Gasteiger partial charge in [0.2, 0.25) is 11.8 Å². The number of alkyl carbamates (subject to hydrolysis) is 1. The van der Waals surface area contributed by atoms with Crippen molar-refractivity contribution in [2.75, 3.05) is 18.4 Å². The van der Waals surface area contributed by atoms with E-state index < -0.39 is 77.7 Å². The Balaban J connectivity index is 1.36. The van der Waals surface area contributed by atoms with Crippen LogP contribution < -0.4 is 21.3 Å². The molecule has 0 aliphatic carbocycles. The number of nitrogens with one attached hydrogen (secondary N) is 5. The van der Waals surface area contributed by atoms with Crippen molar-refractivity contribution in [1.82, 2.24) is 20.9 Å². The number of carbonyl (C=O) groups is 4. The van der Waals surface area contributed by atoms with Gasteiger partial charge < -0.3 is 35.7 Å². The van der Waals surface area contributed by atoms with Crippen molar-refractivity contribution in [3.8, 4) is 0 Å². The van der Waals surface area contributed by atoms with E-state index in [1.54, 1.807) is 68.4 Å². The molecule has 0 fully saturated rings. The fraction of sp³-hybridized carbons (Fsp3) is 0.351. The van der Waals surface area contributed by atoms with Crippen molar-refractivity contribution in [2.45, 2.75) is 63.8 Å². The number of rotatable bonds is 12. The SMILES string of the molecule is CC(C)C[C@H](NC(=O)CNC(=O)OCc1ccccc1)C(=O)NC1(C(=O)OCc2cc(C(F)(F)F)cc(C(F)(F)F)c2)CNc2[nH]c3ccccc3c2C1. The van der Waals surface area contributed by atoms with Gasteiger partial charge in [-0.3, -0.25) is 9.59 Å². The lowest BCUT2D eigenvalue weighted by Gasteiger charge is -2.37. The molecule has 0 spiro atoms. The Morgan fingerprint density at radius 3 is 2.11 bits per heavy atom. The lowest BCUT2D eigenvalue weighted by molar-refractivity contribution is -0.155. The minimum atomic E-state index is -5.12. The molecule has 3 aromatic carbocycles. The molecule has 1 aliphatic heterocycles. The molecule has 1 unspecified atom stereocenters. The van der Waals surface area contributed by atoms with Gasteiger partial charge in [0.1, 0.15) is 31.6 Å². The number of para-hydroxylation sites is 1. The number of fused-ring (bicyclic) bond motifs is 3. The molecule has 288 valence electrons. The predicted octanol–water partition coefficient (Wildman–Crippen LogP) is 6.23. The fourth-order valence-corrected chi connectivity index (χ4v) is 6.01. The van der Waals surface area contributed by atoms with Crippen LogP contribution >= 0.6 is 0 Å². The van der Waals surface area contributed by atoms with E-state index in [1.165, 1.54) is 0 Å². The minimum absolute atomic E-state index is 0.0387. The number of hydrogen-bond donors (Lipinski definition) is 5. The number of H-pyrrole nitrogens is 1. The minimum Gasteiger partial charge on any atom is -0.459 e. The third kappa shape index (κ3) is 9.81. The second-order valence-electron chi connectivity index (χ2n) is 13.3. The van der Waals surface area contributed by atoms with Gasteiger partial charge >= 0.3 is 24.4 Å². The van der Waals surface area contributed by atoms with Crippen molar-refractivity contribution in [1.29, 1.82) is 0 Å². The Morgan fingerprint density at radius 2 is 1.46 bits per heavy atom. The number of carbonyl (C=O) groups excluding carboxylic acids is 4. The van der Waals surface area contributed by atoms with E-state index in [-0.39, 0.29) is 38.0 Å². The summed E-state index contributed by atoms with van der Waals surface area (Å²) in [6.45, 7) is 1.67. The van der Waals surface area contributed by atoms with Crippen molar-refractivity contribution in [2.24, 2.45) is 5.92 Å². The molecule has 1 aliphatic rings. The highest BCUT2D eigenvalue weighted by molar-refractivity contribution is 5.96. The Labute approximate surface area is 305 Å². The highest BCUT2D eigenvalue weighted by Crippen LogP contribution is 2.37. The molecule has 2 atom stereocenters. The van der Waals surface area contributed by atoms with Crippen molar-refractivity contribution >= 4 is 40.6 Å². The molecular formula is C37H37F6N5O6. The van der Waals surface area contributed by atoms with Crippen molar-refractivity contribution in [3.05, 3.63) is 101 Å². The zero-order valence-corrected chi connectivity index (χ0v) is 29.0. The van der Waals surface area contributed by atoms with Crippen LogP contribution in [0.15, 0.2) is 72.8 Å². The Morgan fingerprint density at radius 1 is 0.833 bits per heavy atom. The molecule has 5 N–H and O–H groups in total. The molecule has 0 radical (unpaired) electrons. The maximum absolute atomic E-state index is 14.0. The number of benzene rings is 3. The second kappa shape index (κ2) is 16.1. The number of aromatic nitrogens is 1. The summed E-state index contributed by atoms with van der Waals surface area (Å²) in [6.07, 6.45) is -11.2. The summed E-state index contributed by atoms with van der Waals surface area (Å²) < 4.78 is 91.6. The molecule has 0 bridgehead atoms. The number of aromatic amines is 1. The second-order valence-corrected chi connectivity index (χ2v) is 13.3. The van der Waals surface area contributed by atoms with Crippen LogP contribution in [0.25, 0.3) is 10.9 Å². The van der Waals surface area contributed by atoms with Crippen LogP contribution in [0, 0.1) is 5.92 Å². The molecule has 17 heteroatoms. The highest BCUT2D eigenvalue weighted by atomic mass is 19.4. The van der Waals surface area contributed by atoms with Gasteiger partial charge in [-0.15, -0.1) is 0 Å². The number of amides is 3. The zero-order chi connectivity index (χ0) is 39.3. The molecule has 3 amide bonds. The first kappa shape index (κ1) is 39.5. The van der Waals surface area contributed by atoms with Gasteiger partial charge in [0, 0.05) is 22.9 Å². The summed E-state index contributed by atoms with van der Waals surface area (Å²) in [6, 6.07) is 15.5. The molecule has 0 saturated heterocycles. The predicted molar refractivity (Wildman–Crippen MR) is 184 cm³/mol. The molecule has 11 nitrogen and oxygen atoms in total. The summed E-state index contributed by atoms with van der Waals surface area (Å²) in [5.74, 6) is -2.37. The summed E-state index contributed by atoms with van der Waals surface area (Å²) in [5.41, 5.74) is -3.73. The number of alkyl halides is 6. The average Bonchev–Trinajstić information content (AvgIpc) is 3.49. The third-order valence-corrected chi connectivity index (χ3v) is 8.59. The number of hydrogen-bond acceptors (Lipinski definition) is 7. The molecule has 0 saturated carbocycles. The highest BCUT2D eigenvalue weighted by Gasteiger charge is 2.47. The van der Waals surface area contributed by atoms with E-state index in [9.17, 15) is 45.5 Å². The Bertz CT molecular complexity index is 1970. The van der Waals surface area contributed by atoms with E-state index in [1.807, 2.05) is 0 Å². The van der Waals surface area contributed by atoms with E-state index in [0.29, 0.717) is 34.4 Å². The fourth-order valence-electron chi connectivity index (χ4n) is 6.01. The smallest absolute Gasteiger partial charge is 0.416 e. The number of ether oxygens (including phenoxy) is 2. The van der Waals surface area contributed by atoms with Crippen LogP contribution in [0.2, 0.25) is 0 Å². The van der Waals surface area contributed by atoms with Crippen LogP contribution in [0.4, 0.5) is 37.0 Å². The van der Waals surface area contributed by atoms with Crippen LogP contribution in [0.3, 0.4) is 0 Å². The van der Waals surface area contributed by atoms with Crippen LogP contribution in [0.5, 0.6) is 0 Å². The van der Waals surface area contributed by atoms with Gasteiger partial charge in [0.15, 0.2) is 5.54 Å². The van der Waals surface area contributed by atoms with Gasteiger partial charge in [0.25, 0.3) is 0 Å². The molecule has 5 rings (SSSR count). The number of halogens is 6. The molecule has 4 aromatic rings. The monoisotopic (exact) mass is 761 g/mol. The first-order valence-electron chi connectivity index (χ1n) is 16.8. The third-order valence-electron chi connectivity index (χ3n) is 8.59. The van der Waals surface area contributed by atoms with Gasteiger partial charge in [-0.05, 0) is 47.7 Å². The van der Waals surface area contributed by atoms with Crippen LogP contribution in [0.1, 0.15) is 48.1 Å². The maximum Gasteiger partial charge on any atom is 0.416 e. The van der Waals surface area contributed by atoms with E-state index >= 15 is 0 Å². The summed E-state index contributed by atoms with van der Waals surface area (Å²) in [5, 5.41) is 11.3. The van der Waals surface area contributed by atoms with Gasteiger partial charge in [-0.2, -0.15) is 26.3 Å². The lowest BCUT2D eigenvalue weighted by atomic mass is 9.86. The van der Waals surface area contributed by atoms with Crippen LogP contribution in [-0.4, -0.2) is 53.5 Å². The standard InChI is InChI=1S/C37H37F6N5O6/c1-21(2)12-29(46-30(49)17-44-34(52)54-18-22-8-4-3-5-9-22)32(50)48-35(16-27-26-10-6-7-11-28(26)47-31(27)45-20-35)33(51)53-19-23-13-24(36(38,39)40)15-25(14-23)37(41,42)43/h3-11,13-15,21,29,45,47H,12,16-20H2,1-2H3,(H,44,52)(H,46,49)(H,48,50)/t29-,35?/m0/s1. The quantitative estimate of drug-likeness (QED) is 0.0849. The molecule has 1 aromatic heterocycles. The topological polar surface area (TPSA) is 151 Å². The zero-order valence-electron chi connectivity index (χ0n) is 29.0. The van der Waals surface area contributed by atoms with E-state index in [2.05, 4.69) is 26.3 Å². The lowest BCUT2D eigenvalue weighted by Crippen LogP contribution is -2.65. The normalized spacial score (nSPS) is 16.2. The summed E-state index contributed by atoms with van der Waals surface area (Å²) in [4.78, 5) is 56.2. The summed E-state index contributed by atoms with van der Waals surface area (Å²) >= 11 is 0. The summed E-state index contributed by atoms with van der Waals surface area (Å²) in [7, 11) is 0. The first-order chi connectivity index (χ1) is 25.4. The average molecular weight is 762 g/mol. The number of esters is 1. The number of anilines is 1. The van der Waals surface area contributed by atoms with Crippen LogP contribution in [-0.2, 0) is 55.8 Å². The molecule has 54 heavy (non-hydrogen) atoms. The van der Waals surface area contributed by atoms with Crippen molar-refractivity contribution < 1.29 is 55.0 Å². The van der Waals surface area contributed by atoms with Crippen molar-refractivity contribution in [3.63, 3.8) is 0 Å². The maximum atomic E-state index is 14.0. The largest absolute Gasteiger partial charge is 0.459 e. The van der Waals surface area contributed by atoms with Gasteiger partial charge in [-0.25, -0.2) is 9.59 Å². The Kier molecular flexibility index (Phi) is 11.8. The Hall–Kier alpha value is -5.74. The van der Waals surface area contributed by atoms with Gasteiger partial charge in [-0.1, -0.05) is 62.4 Å². The van der Waals surface area contributed by atoms with E-state index in [4.69, 9.17) is 9.47 Å². The molecular weight excluding hydrogens is 724 g/mol.